The number of carbonyl (C=O) groups is 1. The zero-order valence-corrected chi connectivity index (χ0v) is 13.6. The average molecular weight is 312 g/mol. The van der Waals surface area contributed by atoms with Crippen LogP contribution in [-0.4, -0.2) is 29.6 Å². The van der Waals surface area contributed by atoms with Crippen molar-refractivity contribution in [1.82, 2.24) is 14.9 Å². The molecule has 1 N–H and O–H groups in total. The number of rotatable bonds is 2. The number of aromatic nitrogens is 2. The summed E-state index contributed by atoms with van der Waals surface area (Å²) in [5, 5.41) is 3.28. The van der Waals surface area contributed by atoms with Gasteiger partial charge in [0.05, 0.1) is 16.6 Å². The lowest BCUT2D eigenvalue weighted by Gasteiger charge is -2.27. The molecule has 1 saturated heterocycles. The molecule has 0 radical (unpaired) electrons. The highest BCUT2D eigenvalue weighted by Gasteiger charge is 2.28. The van der Waals surface area contributed by atoms with Gasteiger partial charge < -0.3 is 10.2 Å². The Bertz CT molecular complexity index is 867. The van der Waals surface area contributed by atoms with Gasteiger partial charge in [0.25, 0.3) is 5.56 Å². The highest BCUT2D eigenvalue weighted by molar-refractivity contribution is 5.91. The van der Waals surface area contributed by atoms with Crippen LogP contribution in [0.25, 0.3) is 10.9 Å². The minimum absolute atomic E-state index is 0.176. The predicted molar refractivity (Wildman–Crippen MR) is 90.6 cm³/mol. The van der Waals surface area contributed by atoms with Crippen molar-refractivity contribution < 1.29 is 4.79 Å². The summed E-state index contributed by atoms with van der Waals surface area (Å²) in [7, 11) is 3.77. The van der Waals surface area contributed by atoms with Crippen molar-refractivity contribution in [3.8, 4) is 0 Å². The van der Waals surface area contributed by atoms with Gasteiger partial charge in [-0.3, -0.25) is 14.2 Å². The Labute approximate surface area is 134 Å². The molecule has 3 rings (SSSR count). The van der Waals surface area contributed by atoms with Gasteiger partial charge in [0, 0.05) is 19.8 Å². The number of nitrogens with one attached hydrogen (secondary N) is 1. The third-order valence-electron chi connectivity index (χ3n) is 4.20. The summed E-state index contributed by atoms with van der Waals surface area (Å²) in [6.45, 7) is 5.55. The van der Waals surface area contributed by atoms with Crippen LogP contribution in [0.2, 0.25) is 0 Å². The first-order valence-electron chi connectivity index (χ1n) is 7.58. The predicted octanol–water partition coefficient (Wildman–Crippen LogP) is 1.74. The third kappa shape index (κ3) is 2.50. The number of hydrogen-bond acceptors (Lipinski definition) is 4. The number of benzene rings is 1. The van der Waals surface area contributed by atoms with E-state index < -0.39 is 6.04 Å². The van der Waals surface area contributed by atoms with Gasteiger partial charge in [0.15, 0.2) is 0 Å². The molecule has 1 atom stereocenters. The van der Waals surface area contributed by atoms with E-state index in [2.05, 4.69) is 16.9 Å². The number of aryl methyl sites for hydroxylation is 1. The van der Waals surface area contributed by atoms with E-state index in [-0.39, 0.29) is 11.5 Å². The molecule has 2 heterocycles. The minimum Gasteiger partial charge on any atom is -0.377 e. The van der Waals surface area contributed by atoms with Crippen molar-refractivity contribution in [1.29, 1.82) is 0 Å². The Morgan fingerprint density at radius 1 is 1.35 bits per heavy atom. The lowest BCUT2D eigenvalue weighted by atomic mass is 10.0. The number of amides is 1. The van der Waals surface area contributed by atoms with Crippen molar-refractivity contribution in [3.05, 3.63) is 46.7 Å². The molecule has 1 unspecified atom stereocenters. The molecule has 0 saturated carbocycles. The van der Waals surface area contributed by atoms with Crippen molar-refractivity contribution >= 4 is 22.5 Å². The van der Waals surface area contributed by atoms with Gasteiger partial charge in [0.1, 0.15) is 11.9 Å². The zero-order valence-electron chi connectivity index (χ0n) is 13.6. The van der Waals surface area contributed by atoms with Gasteiger partial charge in [-0.1, -0.05) is 12.6 Å². The standard InChI is InChI=1S/C17H20N4O2/c1-10-8-9-14(16(22)18-10)21-11(2)19-12-6-5-7-13(20(3)4)15(12)17(21)23/h5-7,14H,1,8-9H2,2-4H3,(H,18,22). The molecule has 1 amide bonds. The molecule has 0 aliphatic carbocycles. The molecular weight excluding hydrogens is 292 g/mol. The Hall–Kier alpha value is -2.63. The van der Waals surface area contributed by atoms with E-state index in [9.17, 15) is 9.59 Å². The zero-order chi connectivity index (χ0) is 16.7. The fourth-order valence-corrected chi connectivity index (χ4v) is 3.08. The van der Waals surface area contributed by atoms with Crippen LogP contribution in [0.4, 0.5) is 5.69 Å². The summed E-state index contributed by atoms with van der Waals surface area (Å²) in [4.78, 5) is 31.8. The maximum atomic E-state index is 13.1. The second kappa shape index (κ2) is 5.53. The van der Waals surface area contributed by atoms with E-state index >= 15 is 0 Å². The average Bonchev–Trinajstić information content (AvgIpc) is 2.48. The van der Waals surface area contributed by atoms with Crippen LogP contribution in [0.1, 0.15) is 24.7 Å². The fourth-order valence-electron chi connectivity index (χ4n) is 3.08. The molecule has 120 valence electrons. The number of fused-ring (bicyclic) bond motifs is 1. The first kappa shape index (κ1) is 15.3. The van der Waals surface area contributed by atoms with Gasteiger partial charge in [-0.25, -0.2) is 4.98 Å². The van der Waals surface area contributed by atoms with Gasteiger partial charge in [0.2, 0.25) is 5.91 Å². The SMILES string of the molecule is C=C1CCC(n2c(C)nc3cccc(N(C)C)c3c2=O)C(=O)N1. The van der Waals surface area contributed by atoms with Crippen LogP contribution in [0, 0.1) is 6.92 Å². The smallest absolute Gasteiger partial charge is 0.264 e. The number of anilines is 1. The first-order chi connectivity index (χ1) is 10.9. The second-order valence-electron chi connectivity index (χ2n) is 6.05. The molecule has 2 aromatic rings. The monoisotopic (exact) mass is 312 g/mol. The Morgan fingerprint density at radius 3 is 2.74 bits per heavy atom. The quantitative estimate of drug-likeness (QED) is 0.917. The normalized spacial score (nSPS) is 18.1. The molecule has 1 aromatic heterocycles. The molecule has 1 aliphatic rings. The van der Waals surface area contributed by atoms with E-state index in [1.807, 2.05) is 37.2 Å². The summed E-state index contributed by atoms with van der Waals surface area (Å²) in [5.41, 5.74) is 1.97. The Morgan fingerprint density at radius 2 is 2.09 bits per heavy atom. The molecular formula is C17H20N4O2. The van der Waals surface area contributed by atoms with Crippen molar-refractivity contribution in [2.24, 2.45) is 0 Å². The molecule has 6 heteroatoms. The van der Waals surface area contributed by atoms with Gasteiger partial charge in [-0.15, -0.1) is 0 Å². The van der Waals surface area contributed by atoms with Crippen molar-refractivity contribution in [2.45, 2.75) is 25.8 Å². The highest BCUT2D eigenvalue weighted by Crippen LogP contribution is 2.25. The van der Waals surface area contributed by atoms with E-state index in [1.165, 1.54) is 4.57 Å². The maximum Gasteiger partial charge on any atom is 0.264 e. The molecule has 0 spiro atoms. The van der Waals surface area contributed by atoms with E-state index in [1.54, 1.807) is 6.92 Å². The van der Waals surface area contributed by atoms with Crippen LogP contribution >= 0.6 is 0 Å². The van der Waals surface area contributed by atoms with Crippen LogP contribution in [-0.2, 0) is 4.79 Å². The lowest BCUT2D eigenvalue weighted by Crippen LogP contribution is -2.41. The first-order valence-corrected chi connectivity index (χ1v) is 7.58. The van der Waals surface area contributed by atoms with Crippen molar-refractivity contribution in [2.75, 3.05) is 19.0 Å². The number of allylic oxidation sites excluding steroid dienone is 1. The Balaban J connectivity index is 2.26. The van der Waals surface area contributed by atoms with E-state index in [0.717, 1.165) is 5.69 Å². The molecule has 1 aromatic carbocycles. The van der Waals surface area contributed by atoms with E-state index in [0.29, 0.717) is 35.3 Å². The van der Waals surface area contributed by atoms with Crippen LogP contribution in [0.5, 0.6) is 0 Å². The van der Waals surface area contributed by atoms with Gasteiger partial charge in [-0.2, -0.15) is 0 Å². The van der Waals surface area contributed by atoms with Crippen LogP contribution in [0.15, 0.2) is 35.3 Å². The summed E-state index contributed by atoms with van der Waals surface area (Å²) in [6.07, 6.45) is 1.22. The molecule has 6 nitrogen and oxygen atoms in total. The van der Waals surface area contributed by atoms with Gasteiger partial charge in [-0.05, 0) is 31.9 Å². The second-order valence-corrected chi connectivity index (χ2v) is 6.05. The Kier molecular flexibility index (Phi) is 3.67. The van der Waals surface area contributed by atoms with Crippen molar-refractivity contribution in [3.63, 3.8) is 0 Å². The fraction of sp³-hybridized carbons (Fsp3) is 0.353. The number of piperidine rings is 1. The minimum atomic E-state index is -0.542. The lowest BCUT2D eigenvalue weighted by molar-refractivity contribution is -0.124. The number of hydrogen-bond donors (Lipinski definition) is 1. The topological polar surface area (TPSA) is 67.2 Å². The summed E-state index contributed by atoms with van der Waals surface area (Å²) in [6, 6.07) is 5.04. The number of carbonyl (C=O) groups excluding carboxylic acids is 1. The molecule has 0 bridgehead atoms. The van der Waals surface area contributed by atoms with E-state index in [4.69, 9.17) is 0 Å². The third-order valence-corrected chi connectivity index (χ3v) is 4.20. The summed E-state index contributed by atoms with van der Waals surface area (Å²) in [5.74, 6) is 0.348. The highest BCUT2D eigenvalue weighted by atomic mass is 16.2. The van der Waals surface area contributed by atoms with Crippen LogP contribution in [0.3, 0.4) is 0 Å². The molecule has 1 aliphatic heterocycles. The summed E-state index contributed by atoms with van der Waals surface area (Å²) >= 11 is 0. The molecule has 1 fully saturated rings. The largest absolute Gasteiger partial charge is 0.377 e. The van der Waals surface area contributed by atoms with Crippen LogP contribution < -0.4 is 15.8 Å². The molecule has 23 heavy (non-hydrogen) atoms. The number of nitrogens with zero attached hydrogens (tertiary/aromatic N) is 3. The van der Waals surface area contributed by atoms with Gasteiger partial charge >= 0.3 is 0 Å². The summed E-state index contributed by atoms with van der Waals surface area (Å²) < 4.78 is 1.51. The maximum absolute atomic E-state index is 13.1.